The van der Waals surface area contributed by atoms with E-state index in [1.807, 2.05) is 29.2 Å². The number of halogens is 1. The molecule has 116 valence electrons. The predicted molar refractivity (Wildman–Crippen MR) is 86.6 cm³/mol. The molecule has 1 amide bonds. The van der Waals surface area contributed by atoms with E-state index in [0.717, 1.165) is 23.2 Å². The lowest BCUT2D eigenvalue weighted by atomic mass is 9.97. The van der Waals surface area contributed by atoms with Crippen molar-refractivity contribution >= 4 is 17.3 Å². The Morgan fingerprint density at radius 2 is 2.17 bits per heavy atom. The van der Waals surface area contributed by atoms with E-state index in [4.69, 9.17) is 5.26 Å². The number of hydrogen-bond donors (Lipinski definition) is 1. The van der Waals surface area contributed by atoms with E-state index in [1.165, 1.54) is 13.0 Å². The Labute approximate surface area is 134 Å². The molecule has 3 rings (SSSR count). The van der Waals surface area contributed by atoms with Gasteiger partial charge in [-0.2, -0.15) is 5.26 Å². The molecule has 0 unspecified atom stereocenters. The number of anilines is 2. The average molecular weight is 309 g/mol. The van der Waals surface area contributed by atoms with Gasteiger partial charge >= 0.3 is 0 Å². The molecule has 2 aromatic rings. The van der Waals surface area contributed by atoms with Crippen molar-refractivity contribution in [1.29, 1.82) is 5.26 Å². The van der Waals surface area contributed by atoms with E-state index in [2.05, 4.69) is 5.32 Å². The molecule has 0 spiro atoms. The molecule has 1 N–H and O–H groups in total. The minimum atomic E-state index is -0.384. The largest absolute Gasteiger partial charge is 0.364 e. The lowest BCUT2D eigenvalue weighted by Crippen LogP contribution is -2.31. The summed E-state index contributed by atoms with van der Waals surface area (Å²) in [6.07, 6.45) is 0.727. The molecule has 1 heterocycles. The van der Waals surface area contributed by atoms with Crippen LogP contribution in [0.4, 0.5) is 15.8 Å². The Kier molecular flexibility index (Phi) is 3.98. The Bertz CT molecular complexity index is 810. The summed E-state index contributed by atoms with van der Waals surface area (Å²) in [5, 5.41) is 11.7. The second kappa shape index (κ2) is 6.09. The first-order valence-corrected chi connectivity index (χ1v) is 7.41. The molecule has 23 heavy (non-hydrogen) atoms. The monoisotopic (exact) mass is 309 g/mol. The number of nitrogens with zero attached hydrogens (tertiary/aromatic N) is 2. The Hall–Kier alpha value is -2.87. The zero-order valence-electron chi connectivity index (χ0n) is 12.8. The predicted octanol–water partition coefficient (Wildman–Crippen LogP) is 3.22. The summed E-state index contributed by atoms with van der Waals surface area (Å²) in [6.45, 7) is 2.72. The minimum Gasteiger partial charge on any atom is -0.364 e. The molecule has 0 saturated heterocycles. The summed E-state index contributed by atoms with van der Waals surface area (Å²) in [5.74, 6) is -0.482. The molecular formula is C18H16FN3O. The second-order valence-electron chi connectivity index (χ2n) is 5.57. The number of hydrogen-bond acceptors (Lipinski definition) is 3. The molecule has 0 aliphatic carbocycles. The highest BCUT2D eigenvalue weighted by molar-refractivity contribution is 5.89. The molecule has 1 aliphatic heterocycles. The van der Waals surface area contributed by atoms with Crippen LogP contribution >= 0.6 is 0 Å². The molecule has 0 radical (unpaired) electrons. The first-order valence-electron chi connectivity index (χ1n) is 7.41. The van der Waals surface area contributed by atoms with Crippen molar-refractivity contribution < 1.29 is 9.18 Å². The van der Waals surface area contributed by atoms with Crippen LogP contribution in [0.15, 0.2) is 36.4 Å². The smallest absolute Gasteiger partial charge is 0.221 e. The number of nitriles is 1. The molecule has 2 aromatic carbocycles. The van der Waals surface area contributed by atoms with E-state index >= 15 is 0 Å². The number of benzene rings is 2. The van der Waals surface area contributed by atoms with Crippen LogP contribution in [0.2, 0.25) is 0 Å². The third-order valence-electron chi connectivity index (χ3n) is 3.99. The maximum absolute atomic E-state index is 14.2. The van der Waals surface area contributed by atoms with Crippen molar-refractivity contribution in [2.75, 3.05) is 16.8 Å². The van der Waals surface area contributed by atoms with Gasteiger partial charge in [-0.15, -0.1) is 0 Å². The number of rotatable bonds is 2. The minimum absolute atomic E-state index is 0.0982. The highest BCUT2D eigenvalue weighted by Gasteiger charge is 2.21. The van der Waals surface area contributed by atoms with Crippen LogP contribution < -0.4 is 10.2 Å². The number of fused-ring (bicyclic) bond motifs is 1. The number of carbonyl (C=O) groups excluding carboxylic acids is 1. The van der Waals surface area contributed by atoms with Gasteiger partial charge in [0.1, 0.15) is 5.82 Å². The fraction of sp³-hybridized carbons (Fsp3) is 0.222. The Balaban J connectivity index is 1.89. The summed E-state index contributed by atoms with van der Waals surface area (Å²) < 4.78 is 14.2. The van der Waals surface area contributed by atoms with Gasteiger partial charge < -0.3 is 10.2 Å². The average Bonchev–Trinajstić information content (AvgIpc) is 2.54. The van der Waals surface area contributed by atoms with Crippen molar-refractivity contribution in [1.82, 2.24) is 0 Å². The summed E-state index contributed by atoms with van der Waals surface area (Å²) in [7, 11) is 0. The van der Waals surface area contributed by atoms with Crippen LogP contribution in [0.1, 0.15) is 23.6 Å². The van der Waals surface area contributed by atoms with Crippen LogP contribution in [-0.4, -0.2) is 12.5 Å². The number of carbonyl (C=O) groups is 1. The van der Waals surface area contributed by atoms with Crippen LogP contribution in [-0.2, 0) is 17.8 Å². The third kappa shape index (κ3) is 3.02. The second-order valence-corrected chi connectivity index (χ2v) is 5.57. The molecule has 0 fully saturated rings. The SMILES string of the molecule is CC(=O)Nc1cccc2c1CCN(c1ccc(C#N)cc1F)C2. The fourth-order valence-corrected chi connectivity index (χ4v) is 2.95. The van der Waals surface area contributed by atoms with Gasteiger partial charge in [-0.05, 0) is 41.8 Å². The van der Waals surface area contributed by atoms with E-state index in [-0.39, 0.29) is 11.7 Å². The van der Waals surface area contributed by atoms with Gasteiger partial charge in [0, 0.05) is 25.7 Å². The van der Waals surface area contributed by atoms with Crippen molar-refractivity contribution in [3.05, 3.63) is 58.9 Å². The molecular weight excluding hydrogens is 293 g/mol. The number of nitrogens with one attached hydrogen (secondary N) is 1. The molecule has 0 atom stereocenters. The third-order valence-corrected chi connectivity index (χ3v) is 3.99. The van der Waals surface area contributed by atoms with Crippen LogP contribution in [0, 0.1) is 17.1 Å². The molecule has 5 heteroatoms. The van der Waals surface area contributed by atoms with Gasteiger partial charge in [0.25, 0.3) is 0 Å². The molecule has 0 aromatic heterocycles. The lowest BCUT2D eigenvalue weighted by Gasteiger charge is -2.32. The van der Waals surface area contributed by atoms with E-state index < -0.39 is 0 Å². The molecule has 4 nitrogen and oxygen atoms in total. The maximum atomic E-state index is 14.2. The first-order chi connectivity index (χ1) is 11.1. The van der Waals surface area contributed by atoms with Gasteiger partial charge in [0.15, 0.2) is 0 Å². The van der Waals surface area contributed by atoms with Gasteiger partial charge in [-0.3, -0.25) is 4.79 Å². The topological polar surface area (TPSA) is 56.1 Å². The first kappa shape index (κ1) is 15.0. The lowest BCUT2D eigenvalue weighted by molar-refractivity contribution is -0.114. The van der Waals surface area contributed by atoms with E-state index in [9.17, 15) is 9.18 Å². The normalized spacial score (nSPS) is 13.2. The summed E-state index contributed by atoms with van der Waals surface area (Å²) in [5.41, 5.74) is 3.82. The molecule has 0 saturated carbocycles. The van der Waals surface area contributed by atoms with Crippen LogP contribution in [0.25, 0.3) is 0 Å². The van der Waals surface area contributed by atoms with Crippen molar-refractivity contribution in [2.45, 2.75) is 19.9 Å². The Morgan fingerprint density at radius 3 is 2.87 bits per heavy atom. The van der Waals surface area contributed by atoms with Crippen molar-refractivity contribution in [3.8, 4) is 6.07 Å². The van der Waals surface area contributed by atoms with Gasteiger partial charge in [0.2, 0.25) is 5.91 Å². The summed E-state index contributed by atoms with van der Waals surface area (Å²) in [4.78, 5) is 13.2. The number of amides is 1. The van der Waals surface area contributed by atoms with E-state index in [1.54, 1.807) is 12.1 Å². The van der Waals surface area contributed by atoms with Crippen LogP contribution in [0.3, 0.4) is 0 Å². The zero-order chi connectivity index (χ0) is 16.4. The summed E-state index contributed by atoms with van der Waals surface area (Å²) >= 11 is 0. The highest BCUT2D eigenvalue weighted by Crippen LogP contribution is 2.30. The maximum Gasteiger partial charge on any atom is 0.221 e. The van der Waals surface area contributed by atoms with Crippen molar-refractivity contribution in [3.63, 3.8) is 0 Å². The van der Waals surface area contributed by atoms with Crippen molar-refractivity contribution in [2.24, 2.45) is 0 Å². The fourth-order valence-electron chi connectivity index (χ4n) is 2.95. The Morgan fingerprint density at radius 1 is 1.35 bits per heavy atom. The van der Waals surface area contributed by atoms with Gasteiger partial charge in [-0.1, -0.05) is 12.1 Å². The van der Waals surface area contributed by atoms with Gasteiger partial charge in [0.05, 0.1) is 17.3 Å². The molecule has 1 aliphatic rings. The van der Waals surface area contributed by atoms with E-state index in [0.29, 0.717) is 24.3 Å². The quantitative estimate of drug-likeness (QED) is 0.926. The zero-order valence-corrected chi connectivity index (χ0v) is 12.8. The standard InChI is InChI=1S/C18H16FN3O/c1-12(23)21-17-4-2-3-14-11-22(8-7-15(14)17)18-6-5-13(10-20)9-16(18)19/h2-6,9H,7-8,11H2,1H3,(H,21,23). The highest BCUT2D eigenvalue weighted by atomic mass is 19.1. The summed E-state index contributed by atoms with van der Waals surface area (Å²) in [6, 6.07) is 12.3. The van der Waals surface area contributed by atoms with Gasteiger partial charge in [-0.25, -0.2) is 4.39 Å². The van der Waals surface area contributed by atoms with Crippen LogP contribution in [0.5, 0.6) is 0 Å². The molecule has 0 bridgehead atoms.